The average Bonchev–Trinajstić information content (AvgIpc) is 3.23. The molecule has 1 saturated heterocycles. The van der Waals surface area contributed by atoms with Gasteiger partial charge in [-0.1, -0.05) is 12.1 Å². The summed E-state index contributed by atoms with van der Waals surface area (Å²) in [4.78, 5) is 49.9. The van der Waals surface area contributed by atoms with Crippen molar-refractivity contribution in [2.75, 3.05) is 6.54 Å². The second kappa shape index (κ2) is 7.22. The zero-order valence-electron chi connectivity index (χ0n) is 14.1. The third-order valence-electron chi connectivity index (χ3n) is 3.98. The van der Waals surface area contributed by atoms with Gasteiger partial charge in [0.2, 0.25) is 0 Å². The molecule has 2 aromatic rings. The van der Waals surface area contributed by atoms with Crippen LogP contribution in [0.25, 0.3) is 0 Å². The van der Waals surface area contributed by atoms with Crippen LogP contribution in [0.1, 0.15) is 28.6 Å². The number of carbonyl (C=O) groups is 4. The highest BCUT2D eigenvalue weighted by molar-refractivity contribution is 6.44. The predicted molar refractivity (Wildman–Crippen MR) is 89.7 cm³/mol. The molecule has 0 unspecified atom stereocenters. The molecule has 1 aromatic heterocycles. The number of hydrogen-bond donors (Lipinski definition) is 1. The van der Waals surface area contributed by atoms with E-state index in [4.69, 9.17) is 4.42 Å². The molecule has 0 spiro atoms. The molecule has 2 heterocycles. The molecule has 1 aliphatic rings. The van der Waals surface area contributed by atoms with Crippen molar-refractivity contribution < 1.29 is 23.6 Å². The van der Waals surface area contributed by atoms with E-state index in [1.807, 2.05) is 0 Å². The lowest BCUT2D eigenvalue weighted by atomic mass is 10.1. The molecule has 1 N–H and O–H groups in total. The first-order chi connectivity index (χ1) is 12.5. The SMILES string of the molecule is CCN1C(=O)C(=O)N(Cc2cccc(C(=O)NCc3ccco3)c2)C1=O. The normalized spacial score (nSPS) is 14.3. The van der Waals surface area contributed by atoms with Crippen LogP contribution in [0.2, 0.25) is 0 Å². The fourth-order valence-electron chi connectivity index (χ4n) is 2.64. The summed E-state index contributed by atoms with van der Waals surface area (Å²) in [6.07, 6.45) is 1.52. The van der Waals surface area contributed by atoms with E-state index in [2.05, 4.69) is 5.32 Å². The van der Waals surface area contributed by atoms with E-state index in [9.17, 15) is 19.2 Å². The lowest BCUT2D eigenvalue weighted by Gasteiger charge is -2.14. The van der Waals surface area contributed by atoms with Gasteiger partial charge in [-0.05, 0) is 36.8 Å². The zero-order valence-corrected chi connectivity index (χ0v) is 14.1. The number of hydrogen-bond acceptors (Lipinski definition) is 5. The highest BCUT2D eigenvalue weighted by atomic mass is 16.3. The summed E-state index contributed by atoms with van der Waals surface area (Å²) in [6.45, 7) is 1.93. The molecule has 1 fully saturated rings. The molecule has 5 amide bonds. The van der Waals surface area contributed by atoms with E-state index < -0.39 is 17.8 Å². The number of furan rings is 1. The first-order valence-electron chi connectivity index (χ1n) is 8.08. The van der Waals surface area contributed by atoms with E-state index >= 15 is 0 Å². The van der Waals surface area contributed by atoms with Gasteiger partial charge in [-0.3, -0.25) is 24.2 Å². The Morgan fingerprint density at radius 2 is 1.85 bits per heavy atom. The Morgan fingerprint density at radius 3 is 2.50 bits per heavy atom. The van der Waals surface area contributed by atoms with Gasteiger partial charge in [0, 0.05) is 12.1 Å². The molecular weight excluding hydrogens is 338 g/mol. The van der Waals surface area contributed by atoms with Crippen molar-refractivity contribution in [3.05, 3.63) is 59.5 Å². The zero-order chi connectivity index (χ0) is 18.7. The van der Waals surface area contributed by atoms with Gasteiger partial charge < -0.3 is 9.73 Å². The number of likely N-dealkylation sites (N-methyl/N-ethyl adjacent to an activating group) is 1. The van der Waals surface area contributed by atoms with Crippen molar-refractivity contribution in [3.63, 3.8) is 0 Å². The van der Waals surface area contributed by atoms with E-state index in [0.29, 0.717) is 16.9 Å². The number of benzene rings is 1. The largest absolute Gasteiger partial charge is 0.467 e. The Balaban J connectivity index is 1.69. The van der Waals surface area contributed by atoms with Crippen molar-refractivity contribution in [1.82, 2.24) is 15.1 Å². The van der Waals surface area contributed by atoms with Gasteiger partial charge in [0.15, 0.2) is 0 Å². The fourth-order valence-corrected chi connectivity index (χ4v) is 2.64. The Hall–Kier alpha value is -3.42. The number of amides is 5. The monoisotopic (exact) mass is 355 g/mol. The lowest BCUT2D eigenvalue weighted by molar-refractivity contribution is -0.143. The number of urea groups is 1. The van der Waals surface area contributed by atoms with Gasteiger partial charge in [0.25, 0.3) is 5.91 Å². The molecule has 0 radical (unpaired) electrons. The van der Waals surface area contributed by atoms with Gasteiger partial charge in [-0.25, -0.2) is 4.79 Å². The van der Waals surface area contributed by atoms with Crippen molar-refractivity contribution in [2.45, 2.75) is 20.0 Å². The Morgan fingerprint density at radius 1 is 1.08 bits per heavy atom. The number of carbonyl (C=O) groups excluding carboxylic acids is 4. The molecular formula is C18H17N3O5. The summed E-state index contributed by atoms with van der Waals surface area (Å²) in [7, 11) is 0. The quantitative estimate of drug-likeness (QED) is 0.625. The van der Waals surface area contributed by atoms with Crippen LogP contribution in [0, 0.1) is 0 Å². The molecule has 134 valence electrons. The van der Waals surface area contributed by atoms with E-state index in [0.717, 1.165) is 9.80 Å². The van der Waals surface area contributed by atoms with E-state index in [1.165, 1.54) is 6.26 Å². The standard InChI is InChI=1S/C18H17N3O5/c1-2-20-16(23)17(24)21(18(20)25)11-12-5-3-6-13(9-12)15(22)19-10-14-7-4-8-26-14/h3-9H,2,10-11H2,1H3,(H,19,22). The molecule has 3 rings (SSSR count). The number of nitrogens with zero attached hydrogens (tertiary/aromatic N) is 2. The molecule has 0 bridgehead atoms. The molecule has 26 heavy (non-hydrogen) atoms. The third-order valence-corrected chi connectivity index (χ3v) is 3.98. The van der Waals surface area contributed by atoms with Gasteiger partial charge in [0.05, 0.1) is 19.4 Å². The minimum atomic E-state index is -0.857. The summed E-state index contributed by atoms with van der Waals surface area (Å²) in [6, 6.07) is 9.38. The molecule has 1 aromatic carbocycles. The van der Waals surface area contributed by atoms with Crippen LogP contribution in [0.4, 0.5) is 4.79 Å². The summed E-state index contributed by atoms with van der Waals surface area (Å²) in [5, 5.41) is 2.72. The summed E-state index contributed by atoms with van der Waals surface area (Å²) in [5.74, 6) is -1.37. The van der Waals surface area contributed by atoms with Crippen LogP contribution in [-0.2, 0) is 22.7 Å². The number of rotatable bonds is 6. The van der Waals surface area contributed by atoms with Crippen LogP contribution < -0.4 is 5.32 Å². The summed E-state index contributed by atoms with van der Waals surface area (Å²) < 4.78 is 5.15. The van der Waals surface area contributed by atoms with Crippen LogP contribution in [0.15, 0.2) is 47.1 Å². The van der Waals surface area contributed by atoms with Gasteiger partial charge in [-0.2, -0.15) is 0 Å². The van der Waals surface area contributed by atoms with Gasteiger partial charge in [-0.15, -0.1) is 0 Å². The van der Waals surface area contributed by atoms with Crippen molar-refractivity contribution >= 4 is 23.8 Å². The maximum Gasteiger partial charge on any atom is 0.334 e. The highest BCUT2D eigenvalue weighted by Crippen LogP contribution is 2.16. The fraction of sp³-hybridized carbons (Fsp3) is 0.222. The average molecular weight is 355 g/mol. The minimum absolute atomic E-state index is 0.0702. The molecule has 0 atom stereocenters. The smallest absolute Gasteiger partial charge is 0.334 e. The van der Waals surface area contributed by atoms with Crippen molar-refractivity contribution in [2.24, 2.45) is 0 Å². The first kappa shape index (κ1) is 17.4. The van der Waals surface area contributed by atoms with E-state index in [-0.39, 0.29) is 25.5 Å². The predicted octanol–water partition coefficient (Wildman–Crippen LogP) is 1.52. The second-order valence-corrected chi connectivity index (χ2v) is 5.69. The summed E-state index contributed by atoms with van der Waals surface area (Å²) >= 11 is 0. The van der Waals surface area contributed by atoms with E-state index in [1.54, 1.807) is 43.3 Å². The molecule has 0 aliphatic carbocycles. The van der Waals surface area contributed by atoms with Gasteiger partial charge in [0.1, 0.15) is 5.76 Å². The lowest BCUT2D eigenvalue weighted by Crippen LogP contribution is -2.33. The van der Waals surface area contributed by atoms with Gasteiger partial charge >= 0.3 is 17.8 Å². The van der Waals surface area contributed by atoms with Crippen molar-refractivity contribution in [3.8, 4) is 0 Å². The Kier molecular flexibility index (Phi) is 4.83. The maximum absolute atomic E-state index is 12.2. The van der Waals surface area contributed by atoms with Crippen molar-refractivity contribution in [1.29, 1.82) is 0 Å². The first-order valence-corrected chi connectivity index (χ1v) is 8.08. The second-order valence-electron chi connectivity index (χ2n) is 5.69. The third kappa shape index (κ3) is 3.34. The summed E-state index contributed by atoms with van der Waals surface area (Å²) in [5.41, 5.74) is 0.954. The molecule has 8 nitrogen and oxygen atoms in total. The topological polar surface area (TPSA) is 99.9 Å². The van der Waals surface area contributed by atoms with Crippen LogP contribution in [0.5, 0.6) is 0 Å². The number of imide groups is 2. The van der Waals surface area contributed by atoms with Crippen LogP contribution in [-0.4, -0.2) is 40.1 Å². The molecule has 1 aliphatic heterocycles. The Labute approximate surface area is 149 Å². The van der Waals surface area contributed by atoms with Crippen LogP contribution in [0.3, 0.4) is 0 Å². The minimum Gasteiger partial charge on any atom is -0.467 e. The molecule has 0 saturated carbocycles. The Bertz CT molecular complexity index is 859. The maximum atomic E-state index is 12.2. The highest BCUT2D eigenvalue weighted by Gasteiger charge is 2.43. The number of nitrogens with one attached hydrogen (secondary N) is 1. The van der Waals surface area contributed by atoms with Crippen LogP contribution >= 0.6 is 0 Å². The molecule has 8 heteroatoms.